The molecule has 0 heterocycles. The van der Waals surface area contributed by atoms with Crippen molar-refractivity contribution in [1.82, 2.24) is 5.32 Å². The molecule has 2 aromatic carbocycles. The Hall–Kier alpha value is -1.42. The monoisotopic (exact) mass is 293 g/mol. The van der Waals surface area contributed by atoms with Gasteiger partial charge in [0.15, 0.2) is 0 Å². The van der Waals surface area contributed by atoms with E-state index in [1.807, 2.05) is 37.3 Å². The van der Waals surface area contributed by atoms with Gasteiger partial charge in [0.25, 0.3) is 0 Å². The average molecular weight is 294 g/mol. The summed E-state index contributed by atoms with van der Waals surface area (Å²) in [7, 11) is 0. The number of hydrogen-bond donors (Lipinski definition) is 2. The van der Waals surface area contributed by atoms with Crippen LogP contribution in [0.1, 0.15) is 29.7 Å². The Labute approximate surface area is 123 Å². The summed E-state index contributed by atoms with van der Waals surface area (Å²) in [5.41, 5.74) is 2.86. The molecule has 0 aliphatic rings. The fraction of sp³-hybridized carbons (Fsp3) is 0.250. The van der Waals surface area contributed by atoms with E-state index in [1.165, 1.54) is 6.07 Å². The highest BCUT2D eigenvalue weighted by molar-refractivity contribution is 6.30. The van der Waals surface area contributed by atoms with Crippen LogP contribution in [-0.2, 0) is 13.2 Å². The molecule has 0 amide bonds. The Balaban J connectivity index is 1.96. The molecule has 106 valence electrons. The van der Waals surface area contributed by atoms with E-state index in [9.17, 15) is 4.39 Å². The second kappa shape index (κ2) is 6.84. The van der Waals surface area contributed by atoms with E-state index < -0.39 is 5.82 Å². The van der Waals surface area contributed by atoms with Crippen molar-refractivity contribution in [2.75, 3.05) is 0 Å². The molecule has 0 aliphatic carbocycles. The lowest BCUT2D eigenvalue weighted by atomic mass is 10.1. The molecule has 2 aromatic rings. The minimum Gasteiger partial charge on any atom is -0.392 e. The quantitative estimate of drug-likeness (QED) is 0.878. The Kier molecular flexibility index (Phi) is 5.12. The summed E-state index contributed by atoms with van der Waals surface area (Å²) in [5.74, 6) is -0.398. The molecule has 0 saturated carbocycles. The first-order valence-electron chi connectivity index (χ1n) is 6.47. The molecule has 1 atom stereocenters. The summed E-state index contributed by atoms with van der Waals surface area (Å²) in [5, 5.41) is 12.4. The highest BCUT2D eigenvalue weighted by atomic mass is 35.5. The first-order chi connectivity index (χ1) is 9.60. The van der Waals surface area contributed by atoms with E-state index in [2.05, 4.69) is 5.32 Å². The van der Waals surface area contributed by atoms with E-state index in [1.54, 1.807) is 6.07 Å². The Morgan fingerprint density at radius 2 is 1.80 bits per heavy atom. The summed E-state index contributed by atoms with van der Waals surface area (Å²) >= 11 is 5.67. The van der Waals surface area contributed by atoms with Gasteiger partial charge in [-0.05, 0) is 35.7 Å². The largest absolute Gasteiger partial charge is 0.392 e. The van der Waals surface area contributed by atoms with Crippen molar-refractivity contribution < 1.29 is 9.50 Å². The van der Waals surface area contributed by atoms with Gasteiger partial charge in [-0.25, -0.2) is 4.39 Å². The van der Waals surface area contributed by atoms with Crippen LogP contribution in [0.5, 0.6) is 0 Å². The zero-order valence-electron chi connectivity index (χ0n) is 11.2. The van der Waals surface area contributed by atoms with Crippen molar-refractivity contribution in [2.24, 2.45) is 0 Å². The van der Waals surface area contributed by atoms with Crippen LogP contribution < -0.4 is 5.32 Å². The summed E-state index contributed by atoms with van der Waals surface area (Å²) in [6.45, 7) is 2.70. The van der Waals surface area contributed by atoms with Gasteiger partial charge in [-0.1, -0.05) is 41.9 Å². The molecule has 0 fully saturated rings. The van der Waals surface area contributed by atoms with Crippen molar-refractivity contribution in [2.45, 2.75) is 26.1 Å². The number of hydrogen-bond acceptors (Lipinski definition) is 2. The molecule has 0 aliphatic heterocycles. The lowest BCUT2D eigenvalue weighted by Crippen LogP contribution is -2.18. The molecule has 2 nitrogen and oxygen atoms in total. The van der Waals surface area contributed by atoms with Crippen LogP contribution in [-0.4, -0.2) is 5.11 Å². The van der Waals surface area contributed by atoms with E-state index in [0.29, 0.717) is 6.54 Å². The van der Waals surface area contributed by atoms with Gasteiger partial charge in [0.2, 0.25) is 0 Å². The van der Waals surface area contributed by atoms with Crippen molar-refractivity contribution in [3.63, 3.8) is 0 Å². The molecule has 2 rings (SSSR count). The second-order valence-corrected chi connectivity index (χ2v) is 5.16. The van der Waals surface area contributed by atoms with E-state index in [4.69, 9.17) is 16.7 Å². The second-order valence-electron chi connectivity index (χ2n) is 4.75. The molecular weight excluding hydrogens is 277 g/mol. The number of aliphatic hydroxyl groups is 1. The molecule has 2 N–H and O–H groups in total. The van der Waals surface area contributed by atoms with Crippen LogP contribution in [0, 0.1) is 5.82 Å². The van der Waals surface area contributed by atoms with E-state index in [0.717, 1.165) is 16.7 Å². The number of rotatable bonds is 5. The zero-order valence-corrected chi connectivity index (χ0v) is 12.0. The predicted molar refractivity (Wildman–Crippen MR) is 79.0 cm³/mol. The Morgan fingerprint density at radius 3 is 2.40 bits per heavy atom. The third-order valence-electron chi connectivity index (χ3n) is 3.26. The van der Waals surface area contributed by atoms with Gasteiger partial charge in [0, 0.05) is 12.6 Å². The van der Waals surface area contributed by atoms with Crippen LogP contribution in [0.4, 0.5) is 4.39 Å². The van der Waals surface area contributed by atoms with Crippen LogP contribution in [0.25, 0.3) is 0 Å². The smallest absolute Gasteiger partial charge is 0.142 e. The first kappa shape index (κ1) is 15.0. The van der Waals surface area contributed by atoms with Gasteiger partial charge in [0.05, 0.1) is 11.6 Å². The minimum atomic E-state index is -0.398. The third kappa shape index (κ3) is 3.79. The number of halogens is 2. The molecule has 0 aromatic heterocycles. The van der Waals surface area contributed by atoms with Gasteiger partial charge < -0.3 is 10.4 Å². The summed E-state index contributed by atoms with van der Waals surface area (Å²) in [6.07, 6.45) is 0. The van der Waals surface area contributed by atoms with Gasteiger partial charge in [-0.15, -0.1) is 0 Å². The first-order valence-corrected chi connectivity index (χ1v) is 6.85. The van der Waals surface area contributed by atoms with Gasteiger partial charge in [-0.2, -0.15) is 0 Å². The lowest BCUT2D eigenvalue weighted by molar-refractivity contribution is 0.282. The van der Waals surface area contributed by atoms with Crippen LogP contribution in [0.2, 0.25) is 5.02 Å². The van der Waals surface area contributed by atoms with Crippen LogP contribution in [0.15, 0.2) is 42.5 Å². The highest BCUT2D eigenvalue weighted by Crippen LogP contribution is 2.20. The normalized spacial score (nSPS) is 12.4. The maximum atomic E-state index is 13.4. The number of benzene rings is 2. The molecule has 0 bridgehead atoms. The molecule has 0 radical (unpaired) electrons. The number of nitrogens with one attached hydrogen (secondary N) is 1. The van der Waals surface area contributed by atoms with Crippen molar-refractivity contribution >= 4 is 11.6 Å². The predicted octanol–water partition coefficient (Wildman–Crippen LogP) is 3.82. The maximum absolute atomic E-state index is 13.4. The highest BCUT2D eigenvalue weighted by Gasteiger charge is 2.08. The summed E-state index contributed by atoms with van der Waals surface area (Å²) in [6, 6.07) is 12.6. The SMILES string of the molecule is CC(NCc1ccc(CO)cc1)c1ccc(Cl)c(F)c1. The van der Waals surface area contributed by atoms with Crippen LogP contribution >= 0.6 is 11.6 Å². The van der Waals surface area contributed by atoms with E-state index in [-0.39, 0.29) is 17.7 Å². The van der Waals surface area contributed by atoms with Gasteiger partial charge in [-0.3, -0.25) is 0 Å². The van der Waals surface area contributed by atoms with Gasteiger partial charge in [0.1, 0.15) is 5.82 Å². The third-order valence-corrected chi connectivity index (χ3v) is 3.57. The fourth-order valence-corrected chi connectivity index (χ4v) is 2.05. The van der Waals surface area contributed by atoms with E-state index >= 15 is 0 Å². The Morgan fingerprint density at radius 1 is 1.15 bits per heavy atom. The molecule has 1 unspecified atom stereocenters. The lowest BCUT2D eigenvalue weighted by Gasteiger charge is -2.15. The van der Waals surface area contributed by atoms with Crippen molar-refractivity contribution in [3.05, 3.63) is 70.0 Å². The molecular formula is C16H17ClFNO. The molecule has 4 heteroatoms. The van der Waals surface area contributed by atoms with Gasteiger partial charge >= 0.3 is 0 Å². The molecule has 20 heavy (non-hydrogen) atoms. The summed E-state index contributed by atoms with van der Waals surface area (Å²) in [4.78, 5) is 0. The minimum absolute atomic E-state index is 0.0271. The molecule has 0 saturated heterocycles. The Bertz CT molecular complexity index is 571. The maximum Gasteiger partial charge on any atom is 0.142 e. The standard InChI is InChI=1S/C16H17ClFNO/c1-11(14-6-7-15(17)16(18)8-14)19-9-12-2-4-13(10-20)5-3-12/h2-8,11,19-20H,9-10H2,1H3. The number of aliphatic hydroxyl groups excluding tert-OH is 1. The van der Waals surface area contributed by atoms with Crippen LogP contribution in [0.3, 0.4) is 0 Å². The topological polar surface area (TPSA) is 32.3 Å². The molecule has 0 spiro atoms. The average Bonchev–Trinajstić information content (AvgIpc) is 2.48. The van der Waals surface area contributed by atoms with Crippen molar-refractivity contribution in [1.29, 1.82) is 0 Å². The van der Waals surface area contributed by atoms with Crippen molar-refractivity contribution in [3.8, 4) is 0 Å². The zero-order chi connectivity index (χ0) is 14.5. The summed E-state index contributed by atoms with van der Waals surface area (Å²) < 4.78 is 13.4. The fourth-order valence-electron chi connectivity index (χ4n) is 1.93.